The summed E-state index contributed by atoms with van der Waals surface area (Å²) in [6.45, 7) is 4.05. The van der Waals surface area contributed by atoms with Crippen LogP contribution in [0.25, 0.3) is 0 Å². The number of urea groups is 1. The highest BCUT2D eigenvalue weighted by molar-refractivity contribution is 7.11. The topological polar surface area (TPSA) is 120 Å². The fourth-order valence-electron chi connectivity index (χ4n) is 7.60. The smallest absolute Gasteiger partial charge is 0.338 e. The number of amidine groups is 1. The van der Waals surface area contributed by atoms with Crippen LogP contribution in [0.2, 0.25) is 5.02 Å². The van der Waals surface area contributed by atoms with Gasteiger partial charge in [-0.1, -0.05) is 17.7 Å². The molecule has 2 atom stereocenters. The lowest BCUT2D eigenvalue weighted by Gasteiger charge is -2.38. The number of likely N-dealkylation sites (tertiary alicyclic amines) is 1. The Hall–Kier alpha value is -5.31. The third kappa shape index (κ3) is 7.66. The molecular weight excluding hydrogens is 745 g/mol. The van der Waals surface area contributed by atoms with Crippen LogP contribution in [0.5, 0.6) is 11.5 Å². The summed E-state index contributed by atoms with van der Waals surface area (Å²) < 4.78 is 25.4. The van der Waals surface area contributed by atoms with Gasteiger partial charge in [0.25, 0.3) is 5.91 Å². The van der Waals surface area contributed by atoms with E-state index in [0.29, 0.717) is 71.9 Å². The van der Waals surface area contributed by atoms with Crippen molar-refractivity contribution in [3.63, 3.8) is 0 Å². The van der Waals surface area contributed by atoms with Crippen molar-refractivity contribution in [2.75, 3.05) is 57.8 Å². The Bertz CT molecular complexity index is 2140. The molecule has 1 aromatic heterocycles. The van der Waals surface area contributed by atoms with E-state index in [9.17, 15) is 18.8 Å². The van der Waals surface area contributed by atoms with Crippen molar-refractivity contribution < 1.29 is 28.2 Å². The number of hydrogen-bond donors (Lipinski definition) is 1. The van der Waals surface area contributed by atoms with Crippen molar-refractivity contribution in [2.24, 2.45) is 4.99 Å². The molecular formula is C40H39ClFN7O5S. The summed E-state index contributed by atoms with van der Waals surface area (Å²) in [6, 6.07) is 17.6. The summed E-state index contributed by atoms with van der Waals surface area (Å²) in [7, 11) is 1.31. The highest BCUT2D eigenvalue weighted by Crippen LogP contribution is 2.37. The van der Waals surface area contributed by atoms with Crippen LogP contribution >= 0.6 is 22.9 Å². The van der Waals surface area contributed by atoms with E-state index in [0.717, 1.165) is 31.6 Å². The molecule has 4 aromatic rings. The van der Waals surface area contributed by atoms with Gasteiger partial charge in [-0.15, -0.1) is 11.3 Å². The number of methoxy groups -OCH3 is 1. The van der Waals surface area contributed by atoms with Gasteiger partial charge >= 0.3 is 12.0 Å². The molecule has 15 heteroatoms. The monoisotopic (exact) mass is 783 g/mol. The Labute approximate surface area is 326 Å². The predicted molar refractivity (Wildman–Crippen MR) is 207 cm³/mol. The number of hydrogen-bond acceptors (Lipinski definition) is 10. The van der Waals surface area contributed by atoms with Gasteiger partial charge in [0.15, 0.2) is 10.8 Å². The minimum Gasteiger partial charge on any atom is -0.466 e. The number of rotatable bonds is 9. The quantitative estimate of drug-likeness (QED) is 0.191. The van der Waals surface area contributed by atoms with Gasteiger partial charge in [0.05, 0.1) is 18.7 Å². The molecule has 5 heterocycles. The van der Waals surface area contributed by atoms with Gasteiger partial charge in [0, 0.05) is 84.9 Å². The van der Waals surface area contributed by atoms with Crippen LogP contribution in [0.3, 0.4) is 0 Å². The third-order valence-electron chi connectivity index (χ3n) is 10.4. The fourth-order valence-corrected chi connectivity index (χ4v) is 8.46. The number of benzene rings is 3. The molecule has 55 heavy (non-hydrogen) atoms. The average Bonchev–Trinajstić information content (AvgIpc) is 3.86. The van der Waals surface area contributed by atoms with Crippen molar-refractivity contribution in [3.8, 4) is 11.5 Å². The largest absolute Gasteiger partial charge is 0.466 e. The molecule has 2 unspecified atom stereocenters. The summed E-state index contributed by atoms with van der Waals surface area (Å²) in [5.41, 5.74) is 2.72. The first-order valence-electron chi connectivity index (χ1n) is 18.2. The van der Waals surface area contributed by atoms with E-state index in [-0.39, 0.29) is 28.6 Å². The summed E-state index contributed by atoms with van der Waals surface area (Å²) in [4.78, 5) is 56.9. The molecule has 4 aliphatic rings. The number of ether oxygens (including phenoxy) is 2. The van der Waals surface area contributed by atoms with Gasteiger partial charge in [0.1, 0.15) is 23.4 Å². The van der Waals surface area contributed by atoms with Crippen LogP contribution in [0, 0.1) is 5.82 Å². The van der Waals surface area contributed by atoms with E-state index < -0.39 is 17.8 Å². The van der Waals surface area contributed by atoms with Crippen molar-refractivity contribution in [3.05, 3.63) is 117 Å². The van der Waals surface area contributed by atoms with Crippen LogP contribution in [0.4, 0.5) is 14.9 Å². The number of anilines is 1. The number of piperazine rings is 1. The molecule has 4 aliphatic heterocycles. The van der Waals surface area contributed by atoms with Crippen LogP contribution in [0.1, 0.15) is 46.2 Å². The number of amides is 3. The number of nitrogens with zero attached hydrogens (tertiary/aromatic N) is 6. The van der Waals surface area contributed by atoms with E-state index in [1.165, 1.54) is 43.1 Å². The molecule has 3 aromatic carbocycles. The van der Waals surface area contributed by atoms with Gasteiger partial charge in [-0.3, -0.25) is 19.6 Å². The molecule has 0 saturated carbocycles. The van der Waals surface area contributed by atoms with Gasteiger partial charge in [-0.2, -0.15) is 0 Å². The molecule has 0 aliphatic carbocycles. The first-order valence-corrected chi connectivity index (χ1v) is 19.5. The molecule has 0 bridgehead atoms. The zero-order valence-electron chi connectivity index (χ0n) is 30.1. The summed E-state index contributed by atoms with van der Waals surface area (Å²) in [5.74, 6) is 0.675. The van der Waals surface area contributed by atoms with Crippen LogP contribution in [-0.4, -0.2) is 102 Å². The first-order chi connectivity index (χ1) is 26.7. The summed E-state index contributed by atoms with van der Waals surface area (Å²) in [5, 5.41) is 5.94. The third-order valence-corrected chi connectivity index (χ3v) is 11.5. The molecule has 3 saturated heterocycles. The standard InChI is InChI=1S/C40H39ClFN7O5S/c1-53-39(51)34-33(44-36(37-43-15-20-55-37)45-35(34)31-14-7-26(42)21-32(31)41)24-46-18-19-48-28(22-46)23-49(40(48)52)27-8-12-30(13-9-27)54-29-10-5-25(6-11-29)38(50)47-16-3-2-4-17-47/h5-15,20-21,28,35H,2-4,16-19,22-24H2,1H3,(H,44,45). The Morgan fingerprint density at radius 2 is 1.71 bits per heavy atom. The number of thiazole rings is 1. The Morgan fingerprint density at radius 1 is 0.964 bits per heavy atom. The van der Waals surface area contributed by atoms with Crippen molar-refractivity contribution in [1.29, 1.82) is 0 Å². The highest BCUT2D eigenvalue weighted by atomic mass is 35.5. The first kappa shape index (κ1) is 36.7. The molecule has 0 spiro atoms. The lowest BCUT2D eigenvalue weighted by molar-refractivity contribution is -0.136. The van der Waals surface area contributed by atoms with Crippen LogP contribution < -0.4 is 15.0 Å². The number of carbonyl (C=O) groups excluding carboxylic acids is 3. The Balaban J connectivity index is 0.951. The number of piperidine rings is 1. The zero-order valence-corrected chi connectivity index (χ0v) is 31.7. The molecule has 12 nitrogen and oxygen atoms in total. The van der Waals surface area contributed by atoms with Gasteiger partial charge in [0.2, 0.25) is 0 Å². The van der Waals surface area contributed by atoms with Gasteiger partial charge in [-0.25, -0.2) is 19.0 Å². The number of nitrogens with one attached hydrogen (secondary N) is 1. The molecule has 1 N–H and O–H groups in total. The second-order valence-electron chi connectivity index (χ2n) is 13.8. The second kappa shape index (κ2) is 15.8. The minimum atomic E-state index is -0.861. The Morgan fingerprint density at radius 3 is 2.40 bits per heavy atom. The van der Waals surface area contributed by atoms with Crippen LogP contribution in [0.15, 0.2) is 94.6 Å². The highest BCUT2D eigenvalue weighted by Gasteiger charge is 2.42. The second-order valence-corrected chi connectivity index (χ2v) is 15.1. The summed E-state index contributed by atoms with van der Waals surface area (Å²) >= 11 is 7.92. The SMILES string of the molecule is COC(=O)C1=C(CN2CCN3C(=O)N(c4ccc(Oc5ccc(C(=O)N6CCCCC6)cc5)cc4)CC3C2)NC(c2nccs2)=NC1c1ccc(F)cc1Cl. The molecule has 8 rings (SSSR count). The molecule has 0 radical (unpaired) electrons. The Kier molecular flexibility index (Phi) is 10.5. The van der Waals surface area contributed by atoms with Crippen molar-refractivity contribution in [1.82, 2.24) is 25.0 Å². The minimum absolute atomic E-state index is 0.0511. The fraction of sp³-hybridized carbons (Fsp3) is 0.325. The van der Waals surface area contributed by atoms with E-state index in [2.05, 4.69) is 15.2 Å². The number of aromatic nitrogens is 1. The summed E-state index contributed by atoms with van der Waals surface area (Å²) in [6.07, 6.45) is 4.93. The maximum Gasteiger partial charge on any atom is 0.338 e. The number of fused-ring (bicyclic) bond motifs is 1. The zero-order chi connectivity index (χ0) is 38.1. The van der Waals surface area contributed by atoms with E-state index >= 15 is 0 Å². The number of aliphatic imine (C=N–C) groups is 1. The lowest BCUT2D eigenvalue weighted by atomic mass is 9.95. The number of esters is 1. The van der Waals surface area contributed by atoms with Gasteiger partial charge in [-0.05, 0) is 79.9 Å². The van der Waals surface area contributed by atoms with E-state index in [1.807, 2.05) is 39.4 Å². The van der Waals surface area contributed by atoms with E-state index in [4.69, 9.17) is 26.1 Å². The number of carbonyl (C=O) groups is 3. The predicted octanol–water partition coefficient (Wildman–Crippen LogP) is 6.50. The normalized spacial score (nSPS) is 20.2. The van der Waals surface area contributed by atoms with Crippen LogP contribution in [-0.2, 0) is 9.53 Å². The van der Waals surface area contributed by atoms with E-state index in [1.54, 1.807) is 35.4 Å². The van der Waals surface area contributed by atoms with Crippen molar-refractivity contribution >= 4 is 52.4 Å². The molecule has 3 fully saturated rings. The average molecular weight is 784 g/mol. The van der Waals surface area contributed by atoms with Crippen molar-refractivity contribution in [2.45, 2.75) is 31.3 Å². The lowest BCUT2D eigenvalue weighted by Crippen LogP contribution is -2.53. The number of halogens is 2. The maximum absolute atomic E-state index is 14.1. The van der Waals surface area contributed by atoms with Gasteiger partial charge < -0.3 is 24.6 Å². The molecule has 3 amide bonds. The maximum atomic E-state index is 14.1. The molecule has 284 valence electrons.